The molecule has 0 heterocycles. The molecule has 3 heteroatoms. The molecule has 0 unspecified atom stereocenters. The van der Waals surface area contributed by atoms with Gasteiger partial charge in [-0.05, 0) is 43.5 Å². The maximum absolute atomic E-state index is 2.34. The van der Waals surface area contributed by atoms with E-state index in [1.165, 1.54) is 34.1 Å². The van der Waals surface area contributed by atoms with Crippen LogP contribution in [0.2, 0.25) is 0 Å². The van der Waals surface area contributed by atoms with Crippen molar-refractivity contribution in [3.05, 3.63) is 121 Å². The Kier molecular flexibility index (Phi) is 9.62. The van der Waals surface area contributed by atoms with E-state index in [1.54, 1.807) is 0 Å². The summed E-state index contributed by atoms with van der Waals surface area (Å²) in [6.45, 7) is 2.33. The van der Waals surface area contributed by atoms with E-state index in [9.17, 15) is 0 Å². The Morgan fingerprint density at radius 2 is 0.742 bits per heavy atom. The van der Waals surface area contributed by atoms with Crippen molar-refractivity contribution in [2.75, 3.05) is 0 Å². The Balaban J connectivity index is 0.00000272. The van der Waals surface area contributed by atoms with Gasteiger partial charge in [-0.25, -0.2) is 0 Å². The monoisotopic (exact) mass is 528 g/mol. The second-order valence-corrected chi connectivity index (χ2v) is 12.6. The quantitative estimate of drug-likeness (QED) is 0.184. The molecule has 4 rings (SSSR count). The maximum atomic E-state index is 2.34. The molecule has 0 bridgehead atoms. The Morgan fingerprint density at radius 1 is 0.484 bits per heavy atom. The molecule has 0 saturated carbocycles. The first-order chi connectivity index (χ1) is 14.9. The number of rotatable bonds is 8. The summed E-state index contributed by atoms with van der Waals surface area (Å²) < 4.78 is 0. The van der Waals surface area contributed by atoms with E-state index in [0.29, 0.717) is 5.40 Å². The molecule has 0 amide bonds. The van der Waals surface area contributed by atoms with Gasteiger partial charge in [0.15, 0.2) is 0 Å². The SMILES string of the molecule is CCCC(P(c1ccccc1)c1ccccc1)P(c1ccccc1)c1ccccc1.[Ru]. The van der Waals surface area contributed by atoms with Crippen molar-refractivity contribution in [2.24, 2.45) is 0 Å². The van der Waals surface area contributed by atoms with Crippen LogP contribution in [0.25, 0.3) is 0 Å². The van der Waals surface area contributed by atoms with Crippen LogP contribution in [-0.4, -0.2) is 5.40 Å². The topological polar surface area (TPSA) is 0 Å². The molecule has 0 radical (unpaired) electrons. The summed E-state index contributed by atoms with van der Waals surface area (Å²) in [6.07, 6.45) is 2.42. The molecule has 0 N–H and O–H groups in total. The Labute approximate surface area is 202 Å². The van der Waals surface area contributed by atoms with Crippen LogP contribution in [0.3, 0.4) is 0 Å². The fourth-order valence-electron chi connectivity index (χ4n) is 3.97. The zero-order chi connectivity index (χ0) is 20.6. The molecule has 0 fully saturated rings. The van der Waals surface area contributed by atoms with Crippen LogP contribution in [0.1, 0.15) is 19.8 Å². The van der Waals surface area contributed by atoms with Gasteiger partial charge >= 0.3 is 0 Å². The van der Waals surface area contributed by atoms with Gasteiger partial charge in [0.2, 0.25) is 0 Å². The molecule has 4 aromatic carbocycles. The minimum Gasteiger partial charge on any atom is -0.0653 e. The van der Waals surface area contributed by atoms with Crippen molar-refractivity contribution in [3.63, 3.8) is 0 Å². The van der Waals surface area contributed by atoms with Crippen LogP contribution >= 0.6 is 15.8 Å². The van der Waals surface area contributed by atoms with Gasteiger partial charge in [0.05, 0.1) is 0 Å². The van der Waals surface area contributed by atoms with Gasteiger partial charge in [0, 0.05) is 24.9 Å². The summed E-state index contributed by atoms with van der Waals surface area (Å²) in [7, 11) is -0.956. The molecule has 0 atom stereocenters. The van der Waals surface area contributed by atoms with E-state index < -0.39 is 15.8 Å². The summed E-state index contributed by atoms with van der Waals surface area (Å²) in [5, 5.41) is 6.52. The Morgan fingerprint density at radius 3 is 0.968 bits per heavy atom. The fourth-order valence-corrected chi connectivity index (χ4v) is 11.5. The number of hydrogen-bond acceptors (Lipinski definition) is 0. The Hall–Kier alpha value is -1.64. The van der Waals surface area contributed by atoms with Gasteiger partial charge in [-0.3, -0.25) is 0 Å². The smallest absolute Gasteiger partial charge is 0.0154 e. The third kappa shape index (κ3) is 5.99. The third-order valence-electron chi connectivity index (χ3n) is 5.28. The van der Waals surface area contributed by atoms with Gasteiger partial charge in [0.1, 0.15) is 0 Å². The predicted octanol–water partition coefficient (Wildman–Crippen LogP) is 6.38. The van der Waals surface area contributed by atoms with E-state index >= 15 is 0 Å². The summed E-state index contributed by atoms with van der Waals surface area (Å²) in [6, 6.07) is 44.8. The zero-order valence-corrected chi connectivity index (χ0v) is 21.3. The van der Waals surface area contributed by atoms with Crippen molar-refractivity contribution in [3.8, 4) is 0 Å². The average Bonchev–Trinajstić information content (AvgIpc) is 2.82. The first-order valence-electron chi connectivity index (χ1n) is 10.7. The predicted molar refractivity (Wildman–Crippen MR) is 137 cm³/mol. The molecule has 0 aliphatic carbocycles. The molecule has 31 heavy (non-hydrogen) atoms. The average molecular weight is 528 g/mol. The summed E-state index contributed by atoms with van der Waals surface area (Å²) in [5.74, 6) is 0. The molecule has 0 saturated heterocycles. The van der Waals surface area contributed by atoms with Gasteiger partial charge in [-0.1, -0.05) is 135 Å². The van der Waals surface area contributed by atoms with Crippen molar-refractivity contribution in [2.45, 2.75) is 25.2 Å². The van der Waals surface area contributed by atoms with Crippen LogP contribution in [-0.2, 0) is 19.5 Å². The van der Waals surface area contributed by atoms with Crippen LogP contribution in [0.5, 0.6) is 0 Å². The minimum absolute atomic E-state index is 0. The molecule has 0 aromatic heterocycles. The molecule has 0 aliphatic rings. The van der Waals surface area contributed by atoms with E-state index in [4.69, 9.17) is 0 Å². The normalized spacial score (nSPS) is 11.0. The van der Waals surface area contributed by atoms with Crippen molar-refractivity contribution in [1.82, 2.24) is 0 Å². The maximum Gasteiger partial charge on any atom is 0.0154 e. The van der Waals surface area contributed by atoms with Gasteiger partial charge in [-0.2, -0.15) is 0 Å². The van der Waals surface area contributed by atoms with Crippen LogP contribution < -0.4 is 21.2 Å². The van der Waals surface area contributed by atoms with Crippen LogP contribution in [0, 0.1) is 0 Å². The summed E-state index contributed by atoms with van der Waals surface area (Å²) >= 11 is 0. The first kappa shape index (κ1) is 24.0. The van der Waals surface area contributed by atoms with Gasteiger partial charge in [0.25, 0.3) is 0 Å². The van der Waals surface area contributed by atoms with E-state index in [0.717, 1.165) is 0 Å². The zero-order valence-electron chi connectivity index (χ0n) is 17.8. The first-order valence-corrected chi connectivity index (χ1v) is 13.5. The van der Waals surface area contributed by atoms with Crippen LogP contribution in [0.15, 0.2) is 121 Å². The van der Waals surface area contributed by atoms with Crippen molar-refractivity contribution < 1.29 is 19.5 Å². The van der Waals surface area contributed by atoms with E-state index in [2.05, 4.69) is 128 Å². The Bertz CT molecular complexity index is 846. The molecule has 0 nitrogen and oxygen atoms in total. The molecule has 158 valence electrons. The van der Waals surface area contributed by atoms with Crippen LogP contribution in [0.4, 0.5) is 0 Å². The van der Waals surface area contributed by atoms with E-state index in [-0.39, 0.29) is 19.5 Å². The van der Waals surface area contributed by atoms with Crippen molar-refractivity contribution >= 4 is 37.1 Å². The fraction of sp³-hybridized carbons (Fsp3) is 0.143. The number of hydrogen-bond donors (Lipinski definition) is 0. The minimum atomic E-state index is -0.478. The molecule has 4 aromatic rings. The largest absolute Gasteiger partial charge is 0.0653 e. The molecule has 0 aliphatic heterocycles. The van der Waals surface area contributed by atoms with E-state index in [1.807, 2.05) is 0 Å². The second-order valence-electron chi connectivity index (χ2n) is 7.35. The molecular weight excluding hydrogens is 499 g/mol. The third-order valence-corrected chi connectivity index (χ3v) is 11.8. The van der Waals surface area contributed by atoms with Gasteiger partial charge < -0.3 is 0 Å². The molecular formula is C28H28P2Ru. The summed E-state index contributed by atoms with van der Waals surface area (Å²) in [5.41, 5.74) is 0. The second kappa shape index (κ2) is 12.4. The standard InChI is InChI=1S/C28H28P2.Ru/c1-2-15-28(29(24-16-7-3-8-17-24)25-18-9-4-10-19-25)30(26-20-11-5-12-21-26)27-22-13-6-14-23-27;/h3-14,16-23,28H,2,15H2,1H3;. The van der Waals surface area contributed by atoms with Gasteiger partial charge in [-0.15, -0.1) is 0 Å². The summed E-state index contributed by atoms with van der Waals surface area (Å²) in [4.78, 5) is 0. The molecule has 0 spiro atoms. The number of benzene rings is 4. The van der Waals surface area contributed by atoms with Crippen molar-refractivity contribution in [1.29, 1.82) is 0 Å².